The second kappa shape index (κ2) is 6.86. The molecule has 2 atom stereocenters. The van der Waals surface area contributed by atoms with Gasteiger partial charge in [0.2, 0.25) is 0 Å². The van der Waals surface area contributed by atoms with Gasteiger partial charge in [-0.2, -0.15) is 0 Å². The molecule has 1 amide bonds. The van der Waals surface area contributed by atoms with Crippen LogP contribution in [0.25, 0.3) is 0 Å². The van der Waals surface area contributed by atoms with E-state index >= 15 is 0 Å². The summed E-state index contributed by atoms with van der Waals surface area (Å²) in [7, 11) is 0. The van der Waals surface area contributed by atoms with Gasteiger partial charge in [0.1, 0.15) is 6.10 Å². The summed E-state index contributed by atoms with van der Waals surface area (Å²) in [5.74, 6) is -0.571. The van der Waals surface area contributed by atoms with E-state index in [1.165, 1.54) is 0 Å². The summed E-state index contributed by atoms with van der Waals surface area (Å²) in [6, 6.07) is 9.11. The summed E-state index contributed by atoms with van der Waals surface area (Å²) in [6.45, 7) is 5.66. The SMILES string of the molecule is C=C[C@H](CCC)[C@H](O)C(=O)Nc1ccccc1. The lowest BCUT2D eigenvalue weighted by atomic mass is 9.96. The van der Waals surface area contributed by atoms with Gasteiger partial charge in [-0.3, -0.25) is 4.79 Å². The second-order valence-electron chi connectivity index (χ2n) is 3.99. The molecule has 0 aliphatic carbocycles. The molecular weight excluding hydrogens is 214 g/mol. The summed E-state index contributed by atoms with van der Waals surface area (Å²) in [6.07, 6.45) is 2.27. The molecule has 0 fully saturated rings. The number of aliphatic hydroxyl groups excluding tert-OH is 1. The lowest BCUT2D eigenvalue weighted by molar-refractivity contribution is -0.125. The minimum absolute atomic E-state index is 0.191. The Bertz CT molecular complexity index is 362. The average Bonchev–Trinajstić information content (AvgIpc) is 2.36. The first-order chi connectivity index (χ1) is 8.19. The zero-order valence-corrected chi connectivity index (χ0v) is 10.1. The fourth-order valence-electron chi connectivity index (χ4n) is 1.67. The largest absolute Gasteiger partial charge is 0.383 e. The van der Waals surface area contributed by atoms with Crippen molar-refractivity contribution in [3.05, 3.63) is 43.0 Å². The minimum atomic E-state index is -1.03. The van der Waals surface area contributed by atoms with Gasteiger partial charge in [-0.15, -0.1) is 6.58 Å². The third-order valence-corrected chi connectivity index (χ3v) is 2.64. The zero-order valence-electron chi connectivity index (χ0n) is 10.1. The van der Waals surface area contributed by atoms with Crippen molar-refractivity contribution in [1.82, 2.24) is 0 Å². The van der Waals surface area contributed by atoms with Crippen molar-refractivity contribution in [2.75, 3.05) is 5.32 Å². The predicted molar refractivity (Wildman–Crippen MR) is 69.7 cm³/mol. The number of carbonyl (C=O) groups excluding carboxylic acids is 1. The number of hydrogen-bond acceptors (Lipinski definition) is 2. The first-order valence-electron chi connectivity index (χ1n) is 5.85. The summed E-state index contributed by atoms with van der Waals surface area (Å²) in [5, 5.41) is 12.6. The summed E-state index contributed by atoms with van der Waals surface area (Å²) in [5.41, 5.74) is 0.691. The number of hydrogen-bond donors (Lipinski definition) is 2. The number of nitrogens with one attached hydrogen (secondary N) is 1. The summed E-state index contributed by atoms with van der Waals surface area (Å²) >= 11 is 0. The van der Waals surface area contributed by atoms with Crippen LogP contribution in [0.1, 0.15) is 19.8 Å². The van der Waals surface area contributed by atoms with E-state index in [9.17, 15) is 9.90 Å². The highest BCUT2D eigenvalue weighted by Crippen LogP contribution is 2.15. The van der Waals surface area contributed by atoms with Crippen LogP contribution in [0.15, 0.2) is 43.0 Å². The van der Waals surface area contributed by atoms with Crippen molar-refractivity contribution in [2.24, 2.45) is 5.92 Å². The third-order valence-electron chi connectivity index (χ3n) is 2.64. The van der Waals surface area contributed by atoms with Crippen molar-refractivity contribution >= 4 is 11.6 Å². The number of benzene rings is 1. The van der Waals surface area contributed by atoms with Crippen LogP contribution in [-0.4, -0.2) is 17.1 Å². The molecule has 2 N–H and O–H groups in total. The van der Waals surface area contributed by atoms with Gasteiger partial charge >= 0.3 is 0 Å². The minimum Gasteiger partial charge on any atom is -0.383 e. The van der Waals surface area contributed by atoms with Gasteiger partial charge in [-0.1, -0.05) is 37.6 Å². The fraction of sp³-hybridized carbons (Fsp3) is 0.357. The Labute approximate surface area is 102 Å². The number of anilines is 1. The molecule has 0 heterocycles. The Balaban J connectivity index is 2.60. The topological polar surface area (TPSA) is 49.3 Å². The van der Waals surface area contributed by atoms with E-state index in [2.05, 4.69) is 11.9 Å². The van der Waals surface area contributed by atoms with E-state index in [0.29, 0.717) is 5.69 Å². The molecule has 3 heteroatoms. The van der Waals surface area contributed by atoms with Crippen molar-refractivity contribution < 1.29 is 9.90 Å². The maximum Gasteiger partial charge on any atom is 0.253 e. The van der Waals surface area contributed by atoms with Crippen molar-refractivity contribution in [3.8, 4) is 0 Å². The zero-order chi connectivity index (χ0) is 12.7. The van der Waals surface area contributed by atoms with Crippen LogP contribution in [0.4, 0.5) is 5.69 Å². The first kappa shape index (κ1) is 13.5. The molecule has 0 aliphatic heterocycles. The second-order valence-corrected chi connectivity index (χ2v) is 3.99. The quantitative estimate of drug-likeness (QED) is 0.742. The molecule has 0 saturated heterocycles. The summed E-state index contributed by atoms with van der Waals surface area (Å²) in [4.78, 5) is 11.8. The molecule has 1 aromatic carbocycles. The molecule has 0 saturated carbocycles. The molecule has 1 rings (SSSR count). The van der Waals surface area contributed by atoms with Gasteiger partial charge in [0.05, 0.1) is 0 Å². The third kappa shape index (κ3) is 4.04. The van der Waals surface area contributed by atoms with E-state index in [0.717, 1.165) is 12.8 Å². The number of rotatable bonds is 6. The van der Waals surface area contributed by atoms with Crippen LogP contribution in [-0.2, 0) is 4.79 Å². The highest BCUT2D eigenvalue weighted by atomic mass is 16.3. The van der Waals surface area contributed by atoms with E-state index in [4.69, 9.17) is 0 Å². The Morgan fingerprint density at radius 3 is 2.65 bits per heavy atom. The van der Waals surface area contributed by atoms with E-state index in [-0.39, 0.29) is 11.8 Å². The van der Waals surface area contributed by atoms with Crippen LogP contribution in [0.5, 0.6) is 0 Å². The van der Waals surface area contributed by atoms with Gasteiger partial charge in [-0.25, -0.2) is 0 Å². The lowest BCUT2D eigenvalue weighted by Crippen LogP contribution is -2.33. The predicted octanol–water partition coefficient (Wildman–Crippen LogP) is 2.59. The van der Waals surface area contributed by atoms with Gasteiger partial charge in [0, 0.05) is 11.6 Å². The number of amides is 1. The highest BCUT2D eigenvalue weighted by Gasteiger charge is 2.22. The Kier molecular flexibility index (Phi) is 5.43. The number of aliphatic hydroxyl groups is 1. The van der Waals surface area contributed by atoms with Crippen LogP contribution in [0.2, 0.25) is 0 Å². The molecule has 17 heavy (non-hydrogen) atoms. The fourth-order valence-corrected chi connectivity index (χ4v) is 1.67. The molecular formula is C14H19NO2. The standard InChI is InChI=1S/C14H19NO2/c1-3-8-11(4-2)13(16)14(17)15-12-9-6-5-7-10-12/h4-7,9-11,13,16H,2-3,8H2,1H3,(H,15,17)/t11-,13+/m1/s1. The molecule has 0 spiro atoms. The van der Waals surface area contributed by atoms with E-state index in [1.54, 1.807) is 18.2 Å². The first-order valence-corrected chi connectivity index (χ1v) is 5.85. The monoisotopic (exact) mass is 233 g/mol. The number of carbonyl (C=O) groups is 1. The molecule has 0 aromatic heterocycles. The van der Waals surface area contributed by atoms with Crippen LogP contribution in [0.3, 0.4) is 0 Å². The Morgan fingerprint density at radius 1 is 1.47 bits per heavy atom. The molecule has 0 bridgehead atoms. The van der Waals surface area contributed by atoms with Crippen LogP contribution < -0.4 is 5.32 Å². The van der Waals surface area contributed by atoms with E-state index in [1.807, 2.05) is 25.1 Å². The maximum absolute atomic E-state index is 11.8. The normalized spacial score (nSPS) is 13.8. The molecule has 1 aromatic rings. The molecule has 0 unspecified atom stereocenters. The highest BCUT2D eigenvalue weighted by molar-refractivity contribution is 5.94. The van der Waals surface area contributed by atoms with Gasteiger partial charge < -0.3 is 10.4 Å². The number of para-hydroxylation sites is 1. The Morgan fingerprint density at radius 2 is 2.12 bits per heavy atom. The lowest BCUT2D eigenvalue weighted by Gasteiger charge is -2.18. The van der Waals surface area contributed by atoms with Crippen molar-refractivity contribution in [1.29, 1.82) is 0 Å². The smallest absolute Gasteiger partial charge is 0.253 e. The molecule has 3 nitrogen and oxygen atoms in total. The Hall–Kier alpha value is -1.61. The van der Waals surface area contributed by atoms with Gasteiger partial charge in [0.15, 0.2) is 0 Å². The van der Waals surface area contributed by atoms with Gasteiger partial charge in [0.25, 0.3) is 5.91 Å². The van der Waals surface area contributed by atoms with Crippen LogP contribution in [0, 0.1) is 5.92 Å². The van der Waals surface area contributed by atoms with E-state index < -0.39 is 6.10 Å². The molecule has 92 valence electrons. The van der Waals surface area contributed by atoms with Crippen molar-refractivity contribution in [2.45, 2.75) is 25.9 Å². The summed E-state index contributed by atoms with van der Waals surface area (Å²) < 4.78 is 0. The van der Waals surface area contributed by atoms with Crippen molar-refractivity contribution in [3.63, 3.8) is 0 Å². The van der Waals surface area contributed by atoms with Crippen LogP contribution >= 0.6 is 0 Å². The van der Waals surface area contributed by atoms with Gasteiger partial charge in [-0.05, 0) is 18.6 Å². The maximum atomic E-state index is 11.8. The molecule has 0 radical (unpaired) electrons. The average molecular weight is 233 g/mol. The molecule has 0 aliphatic rings.